The number of aliphatic imine (C=N–C) groups is 1. The van der Waals surface area contributed by atoms with Crippen LogP contribution in [-0.4, -0.2) is 18.5 Å². The Bertz CT molecular complexity index is 303. The van der Waals surface area contributed by atoms with Crippen LogP contribution in [-0.2, 0) is 4.79 Å². The lowest BCUT2D eigenvalue weighted by molar-refractivity contribution is -0.117. The maximum absolute atomic E-state index is 10.8. The fourth-order valence-electron chi connectivity index (χ4n) is 1.46. The van der Waals surface area contributed by atoms with Gasteiger partial charge < -0.3 is 10.1 Å². The predicted octanol–water partition coefficient (Wildman–Crippen LogP) is 3.23. The number of carbonyl (C=O) groups is 1. The Morgan fingerprint density at radius 2 is 2.00 bits per heavy atom. The number of nitrogens with zero attached hydrogens (tertiary/aromatic N) is 1. The summed E-state index contributed by atoms with van der Waals surface area (Å²) in [6.07, 6.45) is 7.09. The van der Waals surface area contributed by atoms with Crippen molar-refractivity contribution in [1.29, 1.82) is 0 Å². The fraction of sp³-hybridized carbons (Fsp3) is 0.571. The Labute approximate surface area is 105 Å². The van der Waals surface area contributed by atoms with Crippen LogP contribution in [0.1, 0.15) is 46.5 Å². The molecule has 0 aliphatic carbocycles. The van der Waals surface area contributed by atoms with Gasteiger partial charge in [0.1, 0.15) is 5.78 Å². The van der Waals surface area contributed by atoms with Crippen LogP contribution in [0.3, 0.4) is 0 Å². The van der Waals surface area contributed by atoms with E-state index in [1.54, 1.807) is 13.1 Å². The number of ketones is 1. The molecule has 96 valence electrons. The zero-order valence-electron chi connectivity index (χ0n) is 11.3. The fourth-order valence-corrected chi connectivity index (χ4v) is 1.46. The lowest BCUT2D eigenvalue weighted by Crippen LogP contribution is -2.14. The van der Waals surface area contributed by atoms with Crippen molar-refractivity contribution in [1.82, 2.24) is 5.32 Å². The largest absolute Gasteiger partial charge is 0.388 e. The lowest BCUT2D eigenvalue weighted by Gasteiger charge is -2.09. The maximum Gasteiger partial charge on any atom is 0.129 e. The molecule has 0 radical (unpaired) electrons. The number of Topliss-reactive ketones (excluding diaryl/α,β-unsaturated/α-hetero) is 1. The Kier molecular flexibility index (Phi) is 9.02. The predicted molar refractivity (Wildman–Crippen MR) is 74.2 cm³/mol. The molecule has 0 spiro atoms. The number of hydrogen-bond acceptors (Lipinski definition) is 3. The number of hydrogen-bond donors (Lipinski definition) is 1. The molecule has 0 atom stereocenters. The zero-order valence-corrected chi connectivity index (χ0v) is 11.3. The first-order valence-corrected chi connectivity index (χ1v) is 6.15. The van der Waals surface area contributed by atoms with Crippen LogP contribution < -0.4 is 5.32 Å². The van der Waals surface area contributed by atoms with E-state index in [4.69, 9.17) is 0 Å². The molecule has 0 heterocycles. The summed E-state index contributed by atoms with van der Waals surface area (Å²) >= 11 is 0. The van der Waals surface area contributed by atoms with Crippen molar-refractivity contribution in [2.75, 3.05) is 6.54 Å². The molecule has 0 rings (SSSR count). The molecular formula is C14H24N2O. The summed E-state index contributed by atoms with van der Waals surface area (Å²) in [5.41, 5.74) is 2.08. The molecular weight excluding hydrogens is 212 g/mol. The second kappa shape index (κ2) is 9.82. The summed E-state index contributed by atoms with van der Waals surface area (Å²) in [7, 11) is 0. The molecule has 0 aromatic carbocycles. The third kappa shape index (κ3) is 9.54. The molecule has 0 saturated heterocycles. The van der Waals surface area contributed by atoms with E-state index in [1.165, 1.54) is 0 Å². The van der Waals surface area contributed by atoms with Gasteiger partial charge in [-0.3, -0.25) is 4.99 Å². The van der Waals surface area contributed by atoms with E-state index in [1.807, 2.05) is 19.9 Å². The van der Waals surface area contributed by atoms with Crippen LogP contribution in [0.25, 0.3) is 0 Å². The zero-order chi connectivity index (χ0) is 13.1. The van der Waals surface area contributed by atoms with Crippen LogP contribution >= 0.6 is 0 Å². The van der Waals surface area contributed by atoms with Gasteiger partial charge in [0.05, 0.1) is 0 Å². The van der Waals surface area contributed by atoms with Gasteiger partial charge in [0.15, 0.2) is 0 Å². The Hall–Kier alpha value is -1.38. The number of allylic oxidation sites excluding steroid dienone is 2. The molecule has 3 heteroatoms. The topological polar surface area (TPSA) is 41.5 Å². The summed E-state index contributed by atoms with van der Waals surface area (Å²) < 4.78 is 0. The van der Waals surface area contributed by atoms with Crippen molar-refractivity contribution in [2.45, 2.75) is 46.5 Å². The Morgan fingerprint density at radius 3 is 2.53 bits per heavy atom. The first kappa shape index (κ1) is 15.6. The van der Waals surface area contributed by atoms with E-state index in [2.05, 4.69) is 16.9 Å². The Balaban J connectivity index is 3.67. The molecule has 0 unspecified atom stereocenters. The second-order valence-corrected chi connectivity index (χ2v) is 4.00. The summed E-state index contributed by atoms with van der Waals surface area (Å²) in [4.78, 5) is 15.0. The number of carbonyl (C=O) groups excluding carboxylic acids is 1. The average molecular weight is 236 g/mol. The second-order valence-electron chi connectivity index (χ2n) is 4.00. The smallest absolute Gasteiger partial charge is 0.129 e. The molecule has 0 aromatic rings. The molecule has 17 heavy (non-hydrogen) atoms. The first-order valence-electron chi connectivity index (χ1n) is 6.15. The minimum Gasteiger partial charge on any atom is -0.388 e. The van der Waals surface area contributed by atoms with Gasteiger partial charge in [0.2, 0.25) is 0 Å². The van der Waals surface area contributed by atoms with Gasteiger partial charge in [-0.2, -0.15) is 0 Å². The molecule has 0 bridgehead atoms. The summed E-state index contributed by atoms with van der Waals surface area (Å²) in [5, 5.41) is 3.26. The van der Waals surface area contributed by atoms with E-state index in [9.17, 15) is 4.79 Å². The molecule has 0 fully saturated rings. The van der Waals surface area contributed by atoms with E-state index < -0.39 is 0 Å². The van der Waals surface area contributed by atoms with Gasteiger partial charge in [-0.1, -0.05) is 12.7 Å². The van der Waals surface area contributed by atoms with E-state index in [0.29, 0.717) is 6.42 Å². The highest BCUT2D eigenvalue weighted by atomic mass is 16.1. The van der Waals surface area contributed by atoms with Gasteiger partial charge in [0.25, 0.3) is 0 Å². The normalized spacial score (nSPS) is 11.8. The maximum atomic E-state index is 10.8. The average Bonchev–Trinajstić information content (AvgIpc) is 2.27. The Morgan fingerprint density at radius 1 is 1.29 bits per heavy atom. The lowest BCUT2D eigenvalue weighted by atomic mass is 10.1. The molecule has 0 aromatic heterocycles. The standard InChI is InChI=1S/C14H24N2O/c1-5-14(15-6-2)10-11-16-12(3)8-7-9-13(4)17/h5-6,16H,3,7-11H2,1-2,4H3/b14-5-,15-6-. The van der Waals surface area contributed by atoms with Gasteiger partial charge in [-0.05, 0) is 33.6 Å². The van der Waals surface area contributed by atoms with E-state index >= 15 is 0 Å². The van der Waals surface area contributed by atoms with Crippen LogP contribution in [0.2, 0.25) is 0 Å². The third-order valence-electron chi connectivity index (χ3n) is 2.39. The SMILES string of the molecule is C=C(CCCC(C)=O)NCCC(=C/C)/N=C\C. The highest BCUT2D eigenvalue weighted by molar-refractivity contribution is 5.75. The van der Waals surface area contributed by atoms with Crippen molar-refractivity contribution in [3.63, 3.8) is 0 Å². The third-order valence-corrected chi connectivity index (χ3v) is 2.39. The molecule has 0 aliphatic rings. The molecule has 3 nitrogen and oxygen atoms in total. The van der Waals surface area contributed by atoms with Crippen molar-refractivity contribution >= 4 is 12.0 Å². The monoisotopic (exact) mass is 236 g/mol. The highest BCUT2D eigenvalue weighted by Gasteiger charge is 1.98. The van der Waals surface area contributed by atoms with Crippen molar-refractivity contribution < 1.29 is 4.79 Å². The van der Waals surface area contributed by atoms with Gasteiger partial charge in [0, 0.05) is 37.0 Å². The number of nitrogens with one attached hydrogen (secondary N) is 1. The summed E-state index contributed by atoms with van der Waals surface area (Å²) in [6.45, 7) is 10.3. The first-order chi connectivity index (χ1) is 8.10. The van der Waals surface area contributed by atoms with Crippen LogP contribution in [0, 0.1) is 0 Å². The molecule has 0 aliphatic heterocycles. The van der Waals surface area contributed by atoms with Crippen molar-refractivity contribution in [3.8, 4) is 0 Å². The molecule has 1 N–H and O–H groups in total. The summed E-state index contributed by atoms with van der Waals surface area (Å²) in [6, 6.07) is 0. The highest BCUT2D eigenvalue weighted by Crippen LogP contribution is 2.05. The van der Waals surface area contributed by atoms with Crippen LogP contribution in [0.5, 0.6) is 0 Å². The summed E-state index contributed by atoms with van der Waals surface area (Å²) in [5.74, 6) is 0.242. The van der Waals surface area contributed by atoms with E-state index in [-0.39, 0.29) is 5.78 Å². The number of rotatable bonds is 9. The molecule has 0 amide bonds. The minimum absolute atomic E-state index is 0.242. The quantitative estimate of drug-likeness (QED) is 0.624. The van der Waals surface area contributed by atoms with Crippen LogP contribution in [0.4, 0.5) is 0 Å². The van der Waals surface area contributed by atoms with Crippen LogP contribution in [0.15, 0.2) is 29.0 Å². The van der Waals surface area contributed by atoms with Gasteiger partial charge >= 0.3 is 0 Å². The minimum atomic E-state index is 0.242. The van der Waals surface area contributed by atoms with Crippen molar-refractivity contribution in [2.24, 2.45) is 4.99 Å². The van der Waals surface area contributed by atoms with Gasteiger partial charge in [-0.25, -0.2) is 0 Å². The van der Waals surface area contributed by atoms with E-state index in [0.717, 1.165) is 37.2 Å². The van der Waals surface area contributed by atoms with Gasteiger partial charge in [-0.15, -0.1) is 0 Å². The van der Waals surface area contributed by atoms with Crippen molar-refractivity contribution in [3.05, 3.63) is 24.0 Å². The molecule has 0 saturated carbocycles.